The fourth-order valence-corrected chi connectivity index (χ4v) is 1.97. The third-order valence-corrected chi connectivity index (χ3v) is 2.94. The van der Waals surface area contributed by atoms with Crippen molar-refractivity contribution in [3.05, 3.63) is 34.9 Å². The Labute approximate surface area is 98.3 Å². The number of thiazole rings is 1. The van der Waals surface area contributed by atoms with Crippen LogP contribution >= 0.6 is 11.3 Å². The van der Waals surface area contributed by atoms with Crippen molar-refractivity contribution in [3.63, 3.8) is 0 Å². The van der Waals surface area contributed by atoms with E-state index in [0.29, 0.717) is 0 Å². The van der Waals surface area contributed by atoms with Crippen molar-refractivity contribution in [2.75, 3.05) is 19.0 Å². The minimum absolute atomic E-state index is 0.765. The number of anilines is 1. The van der Waals surface area contributed by atoms with Gasteiger partial charge in [-0.1, -0.05) is 0 Å². The van der Waals surface area contributed by atoms with E-state index in [4.69, 9.17) is 4.74 Å². The summed E-state index contributed by atoms with van der Waals surface area (Å²) in [7, 11) is 1.64. The van der Waals surface area contributed by atoms with Crippen LogP contribution in [-0.4, -0.2) is 23.6 Å². The molecule has 2 aromatic heterocycles. The van der Waals surface area contributed by atoms with E-state index < -0.39 is 0 Å². The van der Waals surface area contributed by atoms with Crippen LogP contribution in [0.5, 0.6) is 5.75 Å². The molecule has 4 nitrogen and oxygen atoms in total. The highest BCUT2D eigenvalue weighted by molar-refractivity contribution is 7.09. The Hall–Kier alpha value is -1.62. The summed E-state index contributed by atoms with van der Waals surface area (Å²) in [5.74, 6) is 1.54. The fraction of sp³-hybridized carbons (Fsp3) is 0.273. The molecule has 0 aliphatic rings. The molecule has 0 spiro atoms. The highest BCUT2D eigenvalue weighted by atomic mass is 32.1. The second-order valence-electron chi connectivity index (χ2n) is 3.16. The molecule has 84 valence electrons. The average molecular weight is 235 g/mol. The van der Waals surface area contributed by atoms with E-state index in [1.54, 1.807) is 24.6 Å². The molecule has 0 aromatic carbocycles. The van der Waals surface area contributed by atoms with Crippen LogP contribution in [0.2, 0.25) is 0 Å². The molecule has 2 aromatic rings. The van der Waals surface area contributed by atoms with E-state index in [2.05, 4.69) is 15.3 Å². The number of ether oxygens (including phenoxy) is 1. The van der Waals surface area contributed by atoms with Crippen molar-refractivity contribution in [1.29, 1.82) is 0 Å². The fourth-order valence-electron chi connectivity index (χ4n) is 1.35. The molecule has 1 N–H and O–H groups in total. The lowest BCUT2D eigenvalue weighted by Gasteiger charge is -2.08. The highest BCUT2D eigenvalue weighted by Crippen LogP contribution is 2.19. The van der Waals surface area contributed by atoms with Gasteiger partial charge in [0.1, 0.15) is 0 Å². The van der Waals surface area contributed by atoms with E-state index in [0.717, 1.165) is 29.5 Å². The molecule has 0 atom stereocenters. The van der Waals surface area contributed by atoms with Gasteiger partial charge < -0.3 is 10.1 Å². The smallest absolute Gasteiger partial charge is 0.168 e. The molecule has 2 heterocycles. The lowest BCUT2D eigenvalue weighted by molar-refractivity contribution is 0.415. The first kappa shape index (κ1) is 10.9. The monoisotopic (exact) mass is 235 g/mol. The second-order valence-corrected chi connectivity index (χ2v) is 4.14. The van der Waals surface area contributed by atoms with Crippen LogP contribution in [0.4, 0.5) is 5.82 Å². The predicted molar refractivity (Wildman–Crippen MR) is 65.1 cm³/mol. The van der Waals surface area contributed by atoms with E-state index in [9.17, 15) is 0 Å². The van der Waals surface area contributed by atoms with E-state index in [1.807, 2.05) is 23.7 Å². The van der Waals surface area contributed by atoms with Crippen LogP contribution in [0.15, 0.2) is 29.9 Å². The van der Waals surface area contributed by atoms with Gasteiger partial charge in [0.05, 0.1) is 12.1 Å². The van der Waals surface area contributed by atoms with Gasteiger partial charge in [0.15, 0.2) is 11.6 Å². The van der Waals surface area contributed by atoms with Gasteiger partial charge in [0, 0.05) is 30.7 Å². The molecule has 2 rings (SSSR count). The molecule has 5 heteroatoms. The van der Waals surface area contributed by atoms with Crippen molar-refractivity contribution in [3.8, 4) is 5.75 Å². The Bertz CT molecular complexity index is 431. The molecule has 0 amide bonds. The zero-order valence-corrected chi connectivity index (χ0v) is 9.83. The molecular formula is C11H13N3OS. The number of hydrogen-bond donors (Lipinski definition) is 1. The van der Waals surface area contributed by atoms with Crippen LogP contribution in [0, 0.1) is 0 Å². The third kappa shape index (κ3) is 2.70. The number of pyridine rings is 1. The molecule has 0 unspecified atom stereocenters. The zero-order chi connectivity index (χ0) is 11.2. The molecule has 0 saturated heterocycles. The zero-order valence-electron chi connectivity index (χ0n) is 9.01. The molecule has 0 saturated carbocycles. The number of rotatable bonds is 5. The Morgan fingerprint density at radius 3 is 3.06 bits per heavy atom. The molecule has 0 bridgehead atoms. The van der Waals surface area contributed by atoms with Crippen LogP contribution in [0.1, 0.15) is 5.01 Å². The van der Waals surface area contributed by atoms with E-state index in [-0.39, 0.29) is 0 Å². The van der Waals surface area contributed by atoms with E-state index in [1.165, 1.54) is 0 Å². The first-order valence-corrected chi connectivity index (χ1v) is 5.89. The Balaban J connectivity index is 1.89. The number of nitrogens with zero attached hydrogens (tertiary/aromatic N) is 2. The maximum Gasteiger partial charge on any atom is 0.168 e. The van der Waals surface area contributed by atoms with Gasteiger partial charge in [-0.05, 0) is 12.1 Å². The first-order valence-electron chi connectivity index (χ1n) is 5.01. The molecule has 0 fully saturated rings. The van der Waals surface area contributed by atoms with Crippen molar-refractivity contribution in [2.45, 2.75) is 6.42 Å². The van der Waals surface area contributed by atoms with Crippen LogP contribution in [-0.2, 0) is 6.42 Å². The normalized spacial score (nSPS) is 10.1. The van der Waals surface area contributed by atoms with Gasteiger partial charge in [-0.15, -0.1) is 11.3 Å². The van der Waals surface area contributed by atoms with Crippen LogP contribution in [0.3, 0.4) is 0 Å². The molecule has 0 aliphatic carbocycles. The average Bonchev–Trinajstić information content (AvgIpc) is 2.83. The van der Waals surface area contributed by atoms with Gasteiger partial charge in [-0.2, -0.15) is 0 Å². The van der Waals surface area contributed by atoms with Crippen LogP contribution in [0.25, 0.3) is 0 Å². The summed E-state index contributed by atoms with van der Waals surface area (Å²) in [5.41, 5.74) is 0. The van der Waals surface area contributed by atoms with Crippen molar-refractivity contribution in [1.82, 2.24) is 9.97 Å². The van der Waals surface area contributed by atoms with Gasteiger partial charge >= 0.3 is 0 Å². The Kier molecular flexibility index (Phi) is 3.71. The summed E-state index contributed by atoms with van der Waals surface area (Å²) < 4.78 is 5.20. The minimum atomic E-state index is 0.765. The summed E-state index contributed by atoms with van der Waals surface area (Å²) in [6, 6.07) is 3.74. The largest absolute Gasteiger partial charge is 0.493 e. The maximum atomic E-state index is 5.20. The highest BCUT2D eigenvalue weighted by Gasteiger charge is 2.02. The molecule has 16 heavy (non-hydrogen) atoms. The van der Waals surface area contributed by atoms with Crippen molar-refractivity contribution in [2.24, 2.45) is 0 Å². The Morgan fingerprint density at radius 1 is 1.38 bits per heavy atom. The van der Waals surface area contributed by atoms with Gasteiger partial charge in [-0.3, -0.25) is 0 Å². The number of methoxy groups -OCH3 is 1. The first-order chi connectivity index (χ1) is 7.90. The SMILES string of the molecule is COc1cccnc1NCCc1nccs1. The third-order valence-electron chi connectivity index (χ3n) is 2.11. The van der Waals surface area contributed by atoms with Gasteiger partial charge in [-0.25, -0.2) is 9.97 Å². The maximum absolute atomic E-state index is 5.20. The predicted octanol–water partition coefficient (Wildman–Crippen LogP) is 2.20. The minimum Gasteiger partial charge on any atom is -0.493 e. The summed E-state index contributed by atoms with van der Waals surface area (Å²) in [4.78, 5) is 8.43. The summed E-state index contributed by atoms with van der Waals surface area (Å²) in [6.07, 6.45) is 4.47. The number of nitrogens with one attached hydrogen (secondary N) is 1. The standard InChI is InChI=1S/C11H13N3OS/c1-15-9-3-2-5-13-11(9)14-6-4-10-12-7-8-16-10/h2-3,5,7-8H,4,6H2,1H3,(H,13,14). The van der Waals surface area contributed by atoms with E-state index >= 15 is 0 Å². The quantitative estimate of drug-likeness (QED) is 0.863. The molecule has 0 aliphatic heterocycles. The Morgan fingerprint density at radius 2 is 2.31 bits per heavy atom. The second kappa shape index (κ2) is 5.46. The van der Waals surface area contributed by atoms with Crippen molar-refractivity contribution >= 4 is 17.2 Å². The van der Waals surface area contributed by atoms with Crippen LogP contribution < -0.4 is 10.1 Å². The van der Waals surface area contributed by atoms with Gasteiger partial charge in [0.25, 0.3) is 0 Å². The topological polar surface area (TPSA) is 47.0 Å². The number of hydrogen-bond acceptors (Lipinski definition) is 5. The van der Waals surface area contributed by atoms with Crippen molar-refractivity contribution < 1.29 is 4.74 Å². The molecular weight excluding hydrogens is 222 g/mol. The summed E-state index contributed by atoms with van der Waals surface area (Å²) in [5, 5.41) is 6.34. The summed E-state index contributed by atoms with van der Waals surface area (Å²) >= 11 is 1.67. The number of aromatic nitrogens is 2. The van der Waals surface area contributed by atoms with Gasteiger partial charge in [0.2, 0.25) is 0 Å². The lowest BCUT2D eigenvalue weighted by Crippen LogP contribution is -2.07. The molecule has 0 radical (unpaired) electrons. The summed E-state index contributed by atoms with van der Waals surface area (Å²) in [6.45, 7) is 0.806. The lowest BCUT2D eigenvalue weighted by atomic mass is 10.4.